The van der Waals surface area contributed by atoms with Gasteiger partial charge in [0.1, 0.15) is 22.4 Å². The fraction of sp³-hybridized carbons (Fsp3) is 0.227. The Balaban J connectivity index is 1.99. The number of rotatable bonds is 6. The Hall–Kier alpha value is -3.24. The molecule has 2 aromatic carbocycles. The zero-order chi connectivity index (χ0) is 20.8. The van der Waals surface area contributed by atoms with Crippen LogP contribution in [0.2, 0.25) is 0 Å². The number of anilines is 2. The molecule has 1 saturated heterocycles. The van der Waals surface area contributed by atoms with E-state index in [1.165, 1.54) is 16.7 Å². The first-order chi connectivity index (χ1) is 14.1. The molecule has 1 aliphatic heterocycles. The van der Waals surface area contributed by atoms with Gasteiger partial charge in [0.15, 0.2) is 0 Å². The maximum Gasteiger partial charge on any atom is 0.269 e. The van der Waals surface area contributed by atoms with E-state index in [0.29, 0.717) is 35.2 Å². The van der Waals surface area contributed by atoms with E-state index in [2.05, 4.69) is 5.32 Å². The minimum atomic E-state index is -0.540. The number of carbonyl (C=O) groups excluding carboxylic acids is 2. The summed E-state index contributed by atoms with van der Waals surface area (Å²) in [5.41, 5.74) is 1.09. The topological polar surface area (TPSA) is 82.4 Å². The number of amides is 2. The van der Waals surface area contributed by atoms with Gasteiger partial charge >= 0.3 is 0 Å². The van der Waals surface area contributed by atoms with Crippen molar-refractivity contribution in [2.24, 2.45) is 0 Å². The molecule has 1 fully saturated rings. The SMILES string of the molecule is CCOc1ccc(N2C(=O)C(CC)S/C2=C(/C#N)C(=O)Nc2ccccc2)cc1. The molecule has 0 spiro atoms. The smallest absolute Gasteiger partial charge is 0.269 e. The van der Waals surface area contributed by atoms with Crippen LogP contribution in [0.3, 0.4) is 0 Å². The van der Waals surface area contributed by atoms with Crippen LogP contribution in [0.25, 0.3) is 0 Å². The number of nitriles is 1. The van der Waals surface area contributed by atoms with Crippen molar-refractivity contribution >= 4 is 35.0 Å². The summed E-state index contributed by atoms with van der Waals surface area (Å²) < 4.78 is 5.46. The second-order valence-electron chi connectivity index (χ2n) is 6.23. The third kappa shape index (κ3) is 4.44. The molecule has 1 atom stereocenters. The van der Waals surface area contributed by atoms with Gasteiger partial charge in [0.05, 0.1) is 11.9 Å². The molecule has 1 N–H and O–H groups in total. The Morgan fingerprint density at radius 1 is 1.17 bits per heavy atom. The first-order valence-electron chi connectivity index (χ1n) is 9.33. The highest BCUT2D eigenvalue weighted by Crippen LogP contribution is 2.42. The number of benzene rings is 2. The fourth-order valence-corrected chi connectivity index (χ4v) is 4.12. The lowest BCUT2D eigenvalue weighted by Crippen LogP contribution is -2.29. The zero-order valence-electron chi connectivity index (χ0n) is 16.2. The van der Waals surface area contributed by atoms with Crippen molar-refractivity contribution in [2.45, 2.75) is 25.5 Å². The van der Waals surface area contributed by atoms with Crippen LogP contribution < -0.4 is 15.0 Å². The van der Waals surface area contributed by atoms with Crippen molar-refractivity contribution in [1.29, 1.82) is 5.26 Å². The van der Waals surface area contributed by atoms with Gasteiger partial charge in [-0.05, 0) is 49.7 Å². The Morgan fingerprint density at radius 2 is 1.86 bits per heavy atom. The number of hydrogen-bond donors (Lipinski definition) is 1. The minimum absolute atomic E-state index is 0.0861. The molecule has 6 nitrogen and oxygen atoms in total. The van der Waals surface area contributed by atoms with Crippen LogP contribution in [0.5, 0.6) is 5.75 Å². The molecule has 0 bridgehead atoms. The molecule has 3 rings (SSSR count). The van der Waals surface area contributed by atoms with Gasteiger partial charge in [0, 0.05) is 11.4 Å². The highest BCUT2D eigenvalue weighted by Gasteiger charge is 2.39. The predicted octanol–water partition coefficient (Wildman–Crippen LogP) is 4.32. The van der Waals surface area contributed by atoms with Crippen molar-refractivity contribution < 1.29 is 14.3 Å². The quantitative estimate of drug-likeness (QED) is 0.570. The first kappa shape index (κ1) is 20.5. The Morgan fingerprint density at radius 3 is 2.45 bits per heavy atom. The van der Waals surface area contributed by atoms with Crippen LogP contribution in [-0.2, 0) is 9.59 Å². The van der Waals surface area contributed by atoms with Gasteiger partial charge in [-0.3, -0.25) is 14.5 Å². The lowest BCUT2D eigenvalue weighted by atomic mass is 10.2. The number of carbonyl (C=O) groups is 2. The van der Waals surface area contributed by atoms with E-state index in [0.717, 1.165) is 0 Å². The molecule has 1 aliphatic rings. The van der Waals surface area contributed by atoms with E-state index < -0.39 is 5.91 Å². The summed E-state index contributed by atoms with van der Waals surface area (Å²) in [4.78, 5) is 27.2. The van der Waals surface area contributed by atoms with Crippen molar-refractivity contribution in [3.05, 3.63) is 65.2 Å². The van der Waals surface area contributed by atoms with E-state index >= 15 is 0 Å². The van der Waals surface area contributed by atoms with Gasteiger partial charge in [-0.1, -0.05) is 36.9 Å². The fourth-order valence-electron chi connectivity index (χ4n) is 2.92. The van der Waals surface area contributed by atoms with Crippen LogP contribution >= 0.6 is 11.8 Å². The van der Waals surface area contributed by atoms with Crippen LogP contribution in [0.4, 0.5) is 11.4 Å². The van der Waals surface area contributed by atoms with E-state index in [1.54, 1.807) is 48.5 Å². The summed E-state index contributed by atoms with van der Waals surface area (Å²) in [5, 5.41) is 12.4. The molecule has 0 aliphatic carbocycles. The number of nitrogens with zero attached hydrogens (tertiary/aromatic N) is 2. The third-order valence-electron chi connectivity index (χ3n) is 4.31. The number of thioether (sulfide) groups is 1. The molecule has 1 unspecified atom stereocenters. The van der Waals surface area contributed by atoms with E-state index in [4.69, 9.17) is 4.74 Å². The maximum absolute atomic E-state index is 13.0. The van der Waals surface area contributed by atoms with Crippen LogP contribution in [0.1, 0.15) is 20.3 Å². The normalized spacial score (nSPS) is 17.6. The summed E-state index contributed by atoms with van der Waals surface area (Å²) in [7, 11) is 0. The van der Waals surface area contributed by atoms with Crippen molar-refractivity contribution in [3.63, 3.8) is 0 Å². The molecule has 0 radical (unpaired) electrons. The van der Waals surface area contributed by atoms with Gasteiger partial charge in [-0.15, -0.1) is 0 Å². The van der Waals surface area contributed by atoms with Gasteiger partial charge in [0.25, 0.3) is 5.91 Å². The number of hydrogen-bond acceptors (Lipinski definition) is 5. The van der Waals surface area contributed by atoms with E-state index in [-0.39, 0.29) is 16.7 Å². The number of nitrogens with one attached hydrogen (secondary N) is 1. The summed E-state index contributed by atoms with van der Waals surface area (Å²) in [6.07, 6.45) is 0.597. The second kappa shape index (κ2) is 9.30. The Kier molecular flexibility index (Phi) is 6.57. The molecule has 2 amide bonds. The van der Waals surface area contributed by atoms with Crippen LogP contribution in [0.15, 0.2) is 65.2 Å². The van der Waals surface area contributed by atoms with Gasteiger partial charge in [-0.25, -0.2) is 0 Å². The Labute approximate surface area is 174 Å². The summed E-state index contributed by atoms with van der Waals surface area (Å²) in [6, 6.07) is 17.9. The summed E-state index contributed by atoms with van der Waals surface area (Å²) >= 11 is 1.25. The van der Waals surface area contributed by atoms with Crippen molar-refractivity contribution in [2.75, 3.05) is 16.8 Å². The minimum Gasteiger partial charge on any atom is -0.494 e. The van der Waals surface area contributed by atoms with Gasteiger partial charge in [-0.2, -0.15) is 5.26 Å². The number of ether oxygens (including phenoxy) is 1. The first-order valence-corrected chi connectivity index (χ1v) is 10.2. The second-order valence-corrected chi connectivity index (χ2v) is 7.42. The lowest BCUT2D eigenvalue weighted by Gasteiger charge is -2.19. The summed E-state index contributed by atoms with van der Waals surface area (Å²) in [6.45, 7) is 4.34. The molecule has 2 aromatic rings. The van der Waals surface area contributed by atoms with Crippen LogP contribution in [0, 0.1) is 11.3 Å². The van der Waals surface area contributed by atoms with E-state index in [9.17, 15) is 14.9 Å². The largest absolute Gasteiger partial charge is 0.494 e. The highest BCUT2D eigenvalue weighted by atomic mass is 32.2. The van der Waals surface area contributed by atoms with Crippen molar-refractivity contribution in [1.82, 2.24) is 0 Å². The third-order valence-corrected chi connectivity index (χ3v) is 5.74. The van der Waals surface area contributed by atoms with Crippen LogP contribution in [-0.4, -0.2) is 23.7 Å². The average Bonchev–Trinajstić information content (AvgIpc) is 3.06. The number of para-hydroxylation sites is 1. The average molecular weight is 407 g/mol. The molecule has 148 valence electrons. The highest BCUT2D eigenvalue weighted by molar-refractivity contribution is 8.05. The lowest BCUT2D eigenvalue weighted by molar-refractivity contribution is -0.117. The van der Waals surface area contributed by atoms with E-state index in [1.807, 2.05) is 26.0 Å². The van der Waals surface area contributed by atoms with Crippen molar-refractivity contribution in [3.8, 4) is 11.8 Å². The molecule has 1 heterocycles. The summed E-state index contributed by atoms with van der Waals surface area (Å²) in [5.74, 6) is 0.00839. The molecule has 0 saturated carbocycles. The molecule has 7 heteroatoms. The molecular formula is C22H21N3O3S. The monoisotopic (exact) mass is 407 g/mol. The molecular weight excluding hydrogens is 386 g/mol. The maximum atomic E-state index is 13.0. The zero-order valence-corrected chi connectivity index (χ0v) is 17.0. The van der Waals surface area contributed by atoms with Gasteiger partial charge in [0.2, 0.25) is 5.91 Å². The Bertz CT molecular complexity index is 965. The predicted molar refractivity (Wildman–Crippen MR) is 114 cm³/mol. The standard InChI is InChI=1S/C22H21N3O3S/c1-3-19-21(27)25(16-10-12-17(13-11-16)28-4-2)22(29-19)18(14-23)20(26)24-15-8-6-5-7-9-15/h5-13,19H,3-4H2,1-2H3,(H,24,26)/b22-18-. The molecule has 0 aromatic heterocycles. The molecule has 29 heavy (non-hydrogen) atoms. The van der Waals surface area contributed by atoms with Gasteiger partial charge < -0.3 is 10.1 Å².